The van der Waals surface area contributed by atoms with Gasteiger partial charge in [-0.2, -0.15) is 5.10 Å². The van der Waals surface area contributed by atoms with Crippen molar-refractivity contribution in [2.45, 2.75) is 39.8 Å². The number of aromatic nitrogens is 2. The summed E-state index contributed by atoms with van der Waals surface area (Å²) in [5.41, 5.74) is 3.16. The molecule has 1 heterocycles. The van der Waals surface area contributed by atoms with Gasteiger partial charge in [-0.15, -0.1) is 0 Å². The maximum atomic E-state index is 11.7. The van der Waals surface area contributed by atoms with E-state index in [1.165, 1.54) is 5.56 Å². The van der Waals surface area contributed by atoms with Gasteiger partial charge in [-0.25, -0.2) is 4.79 Å². The van der Waals surface area contributed by atoms with Gasteiger partial charge in [0.15, 0.2) is 0 Å². The molecule has 1 aromatic heterocycles. The molecule has 0 unspecified atom stereocenters. The van der Waals surface area contributed by atoms with E-state index in [4.69, 9.17) is 0 Å². The highest BCUT2D eigenvalue weighted by Gasteiger charge is 2.10. The molecule has 5 heteroatoms. The monoisotopic (exact) mass is 274 g/mol. The molecular weight excluding hydrogens is 252 g/mol. The number of benzene rings is 1. The maximum absolute atomic E-state index is 11.7. The number of aryl methyl sites for hydroxylation is 2. The van der Waals surface area contributed by atoms with E-state index in [9.17, 15) is 4.79 Å². The standard InChI is InChI=1S/C15H22N4O/c1-5-11(3)17-15(20)16-9-13-12-8-10(2)6-7-14(12)19(4)18-13/h6-8,11H,5,9H2,1-4H3,(H2,16,17,20)/t11-/m0/s1. The van der Waals surface area contributed by atoms with Gasteiger partial charge in [0.1, 0.15) is 0 Å². The quantitative estimate of drug-likeness (QED) is 0.900. The second-order valence-electron chi connectivity index (χ2n) is 5.23. The first-order chi connectivity index (χ1) is 9.51. The van der Waals surface area contributed by atoms with Gasteiger partial charge in [-0.3, -0.25) is 4.68 Å². The third kappa shape index (κ3) is 3.10. The normalized spacial score (nSPS) is 12.4. The smallest absolute Gasteiger partial charge is 0.315 e. The molecular formula is C15H22N4O. The minimum atomic E-state index is -0.147. The lowest BCUT2D eigenvalue weighted by molar-refractivity contribution is 0.237. The van der Waals surface area contributed by atoms with Gasteiger partial charge in [0.2, 0.25) is 0 Å². The van der Waals surface area contributed by atoms with Crippen LogP contribution in [0.15, 0.2) is 18.2 Å². The number of amides is 2. The van der Waals surface area contributed by atoms with Crippen LogP contribution in [0.4, 0.5) is 4.79 Å². The van der Waals surface area contributed by atoms with Gasteiger partial charge in [-0.1, -0.05) is 18.6 Å². The summed E-state index contributed by atoms with van der Waals surface area (Å²) in [6.45, 7) is 6.52. The van der Waals surface area contributed by atoms with Gasteiger partial charge in [0, 0.05) is 18.5 Å². The molecule has 0 spiro atoms. The van der Waals surface area contributed by atoms with Crippen LogP contribution in [0, 0.1) is 6.92 Å². The van der Waals surface area contributed by atoms with Crippen molar-refractivity contribution in [3.05, 3.63) is 29.5 Å². The Balaban J connectivity index is 2.10. The zero-order valence-corrected chi connectivity index (χ0v) is 12.5. The summed E-state index contributed by atoms with van der Waals surface area (Å²) in [5, 5.41) is 11.3. The molecule has 2 rings (SSSR count). The van der Waals surface area contributed by atoms with Crippen molar-refractivity contribution in [2.75, 3.05) is 0 Å². The Bertz CT molecular complexity index is 618. The molecule has 108 valence electrons. The summed E-state index contributed by atoms with van der Waals surface area (Å²) in [5.74, 6) is 0. The molecule has 1 atom stereocenters. The van der Waals surface area contributed by atoms with Crippen LogP contribution in [0.25, 0.3) is 10.9 Å². The molecule has 2 aromatic rings. The van der Waals surface area contributed by atoms with Gasteiger partial charge in [0.05, 0.1) is 17.8 Å². The van der Waals surface area contributed by atoms with E-state index in [1.54, 1.807) is 0 Å². The number of hydrogen-bond acceptors (Lipinski definition) is 2. The minimum Gasteiger partial charge on any atom is -0.336 e. The highest BCUT2D eigenvalue weighted by Crippen LogP contribution is 2.19. The molecule has 0 aliphatic heterocycles. The highest BCUT2D eigenvalue weighted by atomic mass is 16.2. The first kappa shape index (κ1) is 14.4. The maximum Gasteiger partial charge on any atom is 0.315 e. The Kier molecular flexibility index (Phi) is 4.27. The van der Waals surface area contributed by atoms with Crippen LogP contribution in [0.3, 0.4) is 0 Å². The largest absolute Gasteiger partial charge is 0.336 e. The van der Waals surface area contributed by atoms with Crippen molar-refractivity contribution in [1.29, 1.82) is 0 Å². The second kappa shape index (κ2) is 5.94. The summed E-state index contributed by atoms with van der Waals surface area (Å²) in [6, 6.07) is 6.26. The molecule has 20 heavy (non-hydrogen) atoms. The SMILES string of the molecule is CC[C@H](C)NC(=O)NCc1nn(C)c2ccc(C)cc12. The number of nitrogens with one attached hydrogen (secondary N) is 2. The molecule has 2 N–H and O–H groups in total. The van der Waals surface area contributed by atoms with E-state index in [1.807, 2.05) is 25.6 Å². The molecule has 0 aliphatic rings. The van der Waals surface area contributed by atoms with Crippen LogP contribution < -0.4 is 10.6 Å². The number of fused-ring (bicyclic) bond motifs is 1. The average Bonchev–Trinajstić information content (AvgIpc) is 2.72. The summed E-state index contributed by atoms with van der Waals surface area (Å²) >= 11 is 0. The van der Waals surface area contributed by atoms with Crippen LogP contribution in [0.5, 0.6) is 0 Å². The number of carbonyl (C=O) groups excluding carboxylic acids is 1. The molecule has 0 saturated carbocycles. The first-order valence-electron chi connectivity index (χ1n) is 6.98. The molecule has 0 radical (unpaired) electrons. The van der Waals surface area contributed by atoms with Crippen molar-refractivity contribution in [3.63, 3.8) is 0 Å². The van der Waals surface area contributed by atoms with E-state index < -0.39 is 0 Å². The number of carbonyl (C=O) groups is 1. The fourth-order valence-electron chi connectivity index (χ4n) is 2.12. The van der Waals surface area contributed by atoms with Crippen LogP contribution in [-0.2, 0) is 13.6 Å². The Morgan fingerprint density at radius 1 is 1.45 bits per heavy atom. The Labute approximate surface area is 119 Å². The summed E-state index contributed by atoms with van der Waals surface area (Å²) in [4.78, 5) is 11.7. The average molecular weight is 274 g/mol. The molecule has 0 fully saturated rings. The molecule has 5 nitrogen and oxygen atoms in total. The lowest BCUT2D eigenvalue weighted by Gasteiger charge is -2.11. The van der Waals surface area contributed by atoms with Crippen LogP contribution in [-0.4, -0.2) is 21.9 Å². The van der Waals surface area contributed by atoms with Crippen LogP contribution in [0.1, 0.15) is 31.5 Å². The van der Waals surface area contributed by atoms with Crippen molar-refractivity contribution in [3.8, 4) is 0 Å². The zero-order chi connectivity index (χ0) is 14.7. The van der Waals surface area contributed by atoms with Gasteiger partial charge < -0.3 is 10.6 Å². The molecule has 1 aromatic carbocycles. The third-order valence-corrected chi connectivity index (χ3v) is 3.49. The summed E-state index contributed by atoms with van der Waals surface area (Å²) in [6.07, 6.45) is 0.916. The lowest BCUT2D eigenvalue weighted by atomic mass is 10.1. The Morgan fingerprint density at radius 2 is 2.20 bits per heavy atom. The fraction of sp³-hybridized carbons (Fsp3) is 0.467. The fourth-order valence-corrected chi connectivity index (χ4v) is 2.12. The van der Waals surface area contributed by atoms with Gasteiger partial charge in [0.25, 0.3) is 0 Å². The molecule has 0 bridgehead atoms. The van der Waals surface area contributed by atoms with Gasteiger partial charge in [-0.05, 0) is 32.4 Å². The lowest BCUT2D eigenvalue weighted by Crippen LogP contribution is -2.40. The molecule has 0 saturated heterocycles. The Morgan fingerprint density at radius 3 is 2.90 bits per heavy atom. The number of urea groups is 1. The second-order valence-corrected chi connectivity index (χ2v) is 5.23. The number of rotatable bonds is 4. The van der Waals surface area contributed by atoms with Crippen LogP contribution in [0.2, 0.25) is 0 Å². The van der Waals surface area contributed by atoms with E-state index in [0.29, 0.717) is 6.54 Å². The predicted octanol–water partition coefficient (Wildman–Crippen LogP) is 2.48. The third-order valence-electron chi connectivity index (χ3n) is 3.49. The summed E-state index contributed by atoms with van der Waals surface area (Å²) < 4.78 is 1.85. The minimum absolute atomic E-state index is 0.147. The number of nitrogens with zero attached hydrogens (tertiary/aromatic N) is 2. The highest BCUT2D eigenvalue weighted by molar-refractivity contribution is 5.83. The van der Waals surface area contributed by atoms with E-state index >= 15 is 0 Å². The van der Waals surface area contributed by atoms with Crippen LogP contribution >= 0.6 is 0 Å². The van der Waals surface area contributed by atoms with Crippen molar-refractivity contribution in [2.24, 2.45) is 7.05 Å². The molecule has 2 amide bonds. The first-order valence-corrected chi connectivity index (χ1v) is 6.98. The van der Waals surface area contributed by atoms with E-state index in [0.717, 1.165) is 23.0 Å². The van der Waals surface area contributed by atoms with Crippen molar-refractivity contribution < 1.29 is 4.79 Å². The van der Waals surface area contributed by atoms with E-state index in [2.05, 4.69) is 40.9 Å². The Hall–Kier alpha value is -2.04. The van der Waals surface area contributed by atoms with Gasteiger partial charge >= 0.3 is 6.03 Å². The topological polar surface area (TPSA) is 59.0 Å². The predicted molar refractivity (Wildman–Crippen MR) is 80.6 cm³/mol. The zero-order valence-electron chi connectivity index (χ0n) is 12.5. The number of hydrogen-bond donors (Lipinski definition) is 2. The van der Waals surface area contributed by atoms with Crippen molar-refractivity contribution in [1.82, 2.24) is 20.4 Å². The summed E-state index contributed by atoms with van der Waals surface area (Å²) in [7, 11) is 1.92. The molecule has 0 aliphatic carbocycles. The van der Waals surface area contributed by atoms with E-state index in [-0.39, 0.29) is 12.1 Å². The van der Waals surface area contributed by atoms with Crippen molar-refractivity contribution >= 4 is 16.9 Å².